The van der Waals surface area contributed by atoms with Gasteiger partial charge in [0.25, 0.3) is 0 Å². The SMILES string of the molecule is COCc1ccc2cc(C(=O)OC)ccc2c1. The highest BCUT2D eigenvalue weighted by atomic mass is 16.5. The van der Waals surface area contributed by atoms with Crippen LogP contribution in [0.3, 0.4) is 0 Å². The fourth-order valence-corrected chi connectivity index (χ4v) is 1.80. The first-order chi connectivity index (χ1) is 8.24. The second-order valence-corrected chi connectivity index (χ2v) is 3.82. The molecule has 0 fully saturated rings. The van der Waals surface area contributed by atoms with Crippen molar-refractivity contribution in [2.24, 2.45) is 0 Å². The molecule has 3 heteroatoms. The van der Waals surface area contributed by atoms with Gasteiger partial charge in [-0.2, -0.15) is 0 Å². The van der Waals surface area contributed by atoms with Crippen molar-refractivity contribution in [2.45, 2.75) is 6.61 Å². The van der Waals surface area contributed by atoms with Crippen LogP contribution in [0.5, 0.6) is 0 Å². The van der Waals surface area contributed by atoms with E-state index in [0.717, 1.165) is 16.3 Å². The first kappa shape index (κ1) is 11.6. The standard InChI is InChI=1S/C14H14O3/c1-16-9-10-3-4-12-8-13(14(15)17-2)6-5-11(12)7-10/h3-8H,9H2,1-2H3. The Kier molecular flexibility index (Phi) is 3.40. The largest absolute Gasteiger partial charge is 0.465 e. The van der Waals surface area contributed by atoms with Crippen LogP contribution < -0.4 is 0 Å². The number of benzene rings is 2. The molecule has 0 N–H and O–H groups in total. The van der Waals surface area contributed by atoms with E-state index < -0.39 is 0 Å². The first-order valence-corrected chi connectivity index (χ1v) is 5.34. The number of hydrogen-bond donors (Lipinski definition) is 0. The van der Waals surface area contributed by atoms with Gasteiger partial charge in [0.05, 0.1) is 19.3 Å². The number of methoxy groups -OCH3 is 2. The average Bonchev–Trinajstić information content (AvgIpc) is 2.37. The lowest BCUT2D eigenvalue weighted by Gasteiger charge is -2.04. The number of fused-ring (bicyclic) bond motifs is 1. The molecule has 0 aromatic heterocycles. The molecule has 0 spiro atoms. The summed E-state index contributed by atoms with van der Waals surface area (Å²) >= 11 is 0. The number of hydrogen-bond acceptors (Lipinski definition) is 3. The fraction of sp³-hybridized carbons (Fsp3) is 0.214. The molecule has 2 aromatic carbocycles. The van der Waals surface area contributed by atoms with E-state index in [-0.39, 0.29) is 5.97 Å². The van der Waals surface area contributed by atoms with Crippen molar-refractivity contribution in [3.8, 4) is 0 Å². The lowest BCUT2D eigenvalue weighted by Crippen LogP contribution is -2.00. The third-order valence-corrected chi connectivity index (χ3v) is 2.64. The van der Waals surface area contributed by atoms with Gasteiger partial charge in [0.2, 0.25) is 0 Å². The van der Waals surface area contributed by atoms with Gasteiger partial charge in [-0.25, -0.2) is 4.79 Å². The highest BCUT2D eigenvalue weighted by Crippen LogP contribution is 2.18. The summed E-state index contributed by atoms with van der Waals surface area (Å²) in [5, 5.41) is 2.11. The summed E-state index contributed by atoms with van der Waals surface area (Å²) in [4.78, 5) is 11.4. The minimum Gasteiger partial charge on any atom is -0.465 e. The van der Waals surface area contributed by atoms with E-state index in [4.69, 9.17) is 4.74 Å². The summed E-state index contributed by atoms with van der Waals surface area (Å²) in [6.45, 7) is 0.592. The van der Waals surface area contributed by atoms with Crippen molar-refractivity contribution >= 4 is 16.7 Å². The first-order valence-electron chi connectivity index (χ1n) is 5.34. The highest BCUT2D eigenvalue weighted by Gasteiger charge is 2.05. The third-order valence-electron chi connectivity index (χ3n) is 2.64. The molecule has 0 aliphatic rings. The number of esters is 1. The van der Waals surface area contributed by atoms with Crippen LogP contribution >= 0.6 is 0 Å². The maximum Gasteiger partial charge on any atom is 0.337 e. The summed E-state index contributed by atoms with van der Waals surface area (Å²) in [5.74, 6) is -0.312. The van der Waals surface area contributed by atoms with Gasteiger partial charge in [0.1, 0.15) is 0 Å². The minimum atomic E-state index is -0.312. The number of carbonyl (C=O) groups is 1. The van der Waals surface area contributed by atoms with Crippen LogP contribution in [0, 0.1) is 0 Å². The van der Waals surface area contributed by atoms with Crippen LogP contribution in [0.25, 0.3) is 10.8 Å². The van der Waals surface area contributed by atoms with Crippen molar-refractivity contribution in [1.29, 1.82) is 0 Å². The zero-order chi connectivity index (χ0) is 12.3. The Balaban J connectivity index is 2.43. The second kappa shape index (κ2) is 4.97. The highest BCUT2D eigenvalue weighted by molar-refractivity contribution is 5.95. The Morgan fingerprint density at radius 2 is 1.76 bits per heavy atom. The van der Waals surface area contributed by atoms with E-state index in [1.165, 1.54) is 7.11 Å². The molecule has 0 aliphatic carbocycles. The maximum absolute atomic E-state index is 11.4. The summed E-state index contributed by atoms with van der Waals surface area (Å²) in [7, 11) is 3.05. The van der Waals surface area contributed by atoms with Gasteiger partial charge in [-0.15, -0.1) is 0 Å². The van der Waals surface area contributed by atoms with Crippen molar-refractivity contribution in [3.63, 3.8) is 0 Å². The van der Waals surface area contributed by atoms with Crippen LogP contribution in [-0.4, -0.2) is 20.2 Å². The molecule has 2 aromatic rings. The maximum atomic E-state index is 11.4. The average molecular weight is 230 g/mol. The third kappa shape index (κ3) is 2.45. The molecule has 0 saturated heterocycles. The predicted molar refractivity (Wildman–Crippen MR) is 66.0 cm³/mol. The number of rotatable bonds is 3. The molecule has 2 rings (SSSR count). The van der Waals surface area contributed by atoms with Gasteiger partial charge in [0.15, 0.2) is 0 Å². The molecule has 0 bridgehead atoms. The monoisotopic (exact) mass is 230 g/mol. The Morgan fingerprint density at radius 1 is 1.06 bits per heavy atom. The summed E-state index contributed by atoms with van der Waals surface area (Å²) in [5.41, 5.74) is 1.69. The van der Waals surface area contributed by atoms with E-state index in [2.05, 4.69) is 10.8 Å². The van der Waals surface area contributed by atoms with E-state index >= 15 is 0 Å². The zero-order valence-electron chi connectivity index (χ0n) is 9.90. The van der Waals surface area contributed by atoms with Crippen LogP contribution in [0.2, 0.25) is 0 Å². The molecular weight excluding hydrogens is 216 g/mol. The Morgan fingerprint density at radius 3 is 2.47 bits per heavy atom. The summed E-state index contributed by atoms with van der Waals surface area (Å²) < 4.78 is 9.77. The Labute approximate surface area is 100.0 Å². The lowest BCUT2D eigenvalue weighted by atomic mass is 10.0. The van der Waals surface area contributed by atoms with Crippen LogP contribution in [0.15, 0.2) is 36.4 Å². The molecule has 0 unspecified atom stereocenters. The molecule has 0 radical (unpaired) electrons. The van der Waals surface area contributed by atoms with E-state index in [1.807, 2.05) is 24.3 Å². The van der Waals surface area contributed by atoms with Crippen molar-refractivity contribution in [3.05, 3.63) is 47.5 Å². The number of ether oxygens (including phenoxy) is 2. The molecule has 0 amide bonds. The van der Waals surface area contributed by atoms with Gasteiger partial charge in [-0.05, 0) is 34.5 Å². The lowest BCUT2D eigenvalue weighted by molar-refractivity contribution is 0.0601. The van der Waals surface area contributed by atoms with Crippen LogP contribution in [0.1, 0.15) is 15.9 Å². The van der Waals surface area contributed by atoms with Gasteiger partial charge in [0, 0.05) is 7.11 Å². The fourth-order valence-electron chi connectivity index (χ4n) is 1.80. The number of carbonyl (C=O) groups excluding carboxylic acids is 1. The van der Waals surface area contributed by atoms with Gasteiger partial charge in [-0.3, -0.25) is 0 Å². The van der Waals surface area contributed by atoms with E-state index in [1.54, 1.807) is 13.2 Å². The van der Waals surface area contributed by atoms with Gasteiger partial charge >= 0.3 is 5.97 Å². The molecular formula is C14H14O3. The second-order valence-electron chi connectivity index (χ2n) is 3.82. The summed E-state index contributed by atoms with van der Waals surface area (Å²) in [6, 6.07) is 11.5. The molecule has 88 valence electrons. The van der Waals surface area contributed by atoms with E-state index in [0.29, 0.717) is 12.2 Å². The molecule has 0 heterocycles. The van der Waals surface area contributed by atoms with E-state index in [9.17, 15) is 4.79 Å². The smallest absolute Gasteiger partial charge is 0.337 e. The molecule has 0 atom stereocenters. The quantitative estimate of drug-likeness (QED) is 0.760. The van der Waals surface area contributed by atoms with Gasteiger partial charge in [-0.1, -0.05) is 18.2 Å². The van der Waals surface area contributed by atoms with Crippen molar-refractivity contribution in [2.75, 3.05) is 14.2 Å². The molecule has 0 aliphatic heterocycles. The van der Waals surface area contributed by atoms with Crippen LogP contribution in [0.4, 0.5) is 0 Å². The zero-order valence-corrected chi connectivity index (χ0v) is 9.90. The van der Waals surface area contributed by atoms with Crippen molar-refractivity contribution < 1.29 is 14.3 Å². The molecule has 3 nitrogen and oxygen atoms in total. The minimum absolute atomic E-state index is 0.312. The van der Waals surface area contributed by atoms with Gasteiger partial charge < -0.3 is 9.47 Å². The Bertz CT molecular complexity index is 546. The van der Waals surface area contributed by atoms with Crippen molar-refractivity contribution in [1.82, 2.24) is 0 Å². The molecule has 17 heavy (non-hydrogen) atoms. The summed E-state index contributed by atoms with van der Waals surface area (Å²) in [6.07, 6.45) is 0. The van der Waals surface area contributed by atoms with Crippen LogP contribution in [-0.2, 0) is 16.1 Å². The topological polar surface area (TPSA) is 35.5 Å². The molecule has 0 saturated carbocycles. The normalized spacial score (nSPS) is 10.5. The predicted octanol–water partition coefficient (Wildman–Crippen LogP) is 2.77. The Hall–Kier alpha value is -1.87.